The molecule has 4 nitrogen and oxygen atoms in total. The highest BCUT2D eigenvalue weighted by Gasteiger charge is 2.16. The first-order valence-corrected chi connectivity index (χ1v) is 5.15. The lowest BCUT2D eigenvalue weighted by atomic mass is 10.2. The van der Waals surface area contributed by atoms with E-state index < -0.39 is 0 Å². The highest BCUT2D eigenvalue weighted by molar-refractivity contribution is 7.10. The summed E-state index contributed by atoms with van der Waals surface area (Å²) in [5.74, 6) is 0.208. The van der Waals surface area contributed by atoms with Crippen molar-refractivity contribution in [1.82, 2.24) is 9.78 Å². The Bertz CT molecular complexity index is 566. The standard InChI is InChI=1S/C9H10FN3OS/c1-4-5(2)15-9(10)8(4)13-6(11)3-7(14)12-13/h3H,11H2,1-2H3,(H,12,14). The number of hydrogen-bond acceptors (Lipinski definition) is 3. The first-order valence-electron chi connectivity index (χ1n) is 4.34. The average molecular weight is 227 g/mol. The van der Waals surface area contributed by atoms with Crippen LogP contribution in [0.2, 0.25) is 0 Å². The molecule has 15 heavy (non-hydrogen) atoms. The zero-order valence-corrected chi connectivity index (χ0v) is 9.11. The smallest absolute Gasteiger partial charge is 0.266 e. The molecule has 0 spiro atoms. The number of nitrogens with one attached hydrogen (secondary N) is 1. The zero-order chi connectivity index (χ0) is 11.2. The van der Waals surface area contributed by atoms with E-state index in [4.69, 9.17) is 5.73 Å². The van der Waals surface area contributed by atoms with Crippen LogP contribution in [0.3, 0.4) is 0 Å². The van der Waals surface area contributed by atoms with Gasteiger partial charge in [-0.2, -0.15) is 4.39 Å². The van der Waals surface area contributed by atoms with Gasteiger partial charge in [-0.05, 0) is 19.4 Å². The number of nitrogens with zero attached hydrogens (tertiary/aromatic N) is 1. The van der Waals surface area contributed by atoms with Crippen molar-refractivity contribution in [3.8, 4) is 5.69 Å². The molecule has 0 atom stereocenters. The molecule has 0 unspecified atom stereocenters. The van der Waals surface area contributed by atoms with Crippen LogP contribution >= 0.6 is 11.3 Å². The molecule has 3 N–H and O–H groups in total. The topological polar surface area (TPSA) is 63.8 Å². The molecule has 0 aromatic carbocycles. The van der Waals surface area contributed by atoms with Crippen LogP contribution in [0.25, 0.3) is 5.69 Å². The quantitative estimate of drug-likeness (QED) is 0.776. The van der Waals surface area contributed by atoms with Gasteiger partial charge in [0.2, 0.25) is 5.13 Å². The van der Waals surface area contributed by atoms with Gasteiger partial charge >= 0.3 is 0 Å². The van der Waals surface area contributed by atoms with E-state index in [1.54, 1.807) is 6.92 Å². The largest absolute Gasteiger partial charge is 0.384 e. The Balaban J connectivity index is 2.73. The van der Waals surface area contributed by atoms with Gasteiger partial charge in [0.1, 0.15) is 11.5 Å². The molecule has 0 aliphatic carbocycles. The second-order valence-electron chi connectivity index (χ2n) is 3.29. The number of anilines is 1. The number of rotatable bonds is 1. The summed E-state index contributed by atoms with van der Waals surface area (Å²) in [5, 5.41) is 2.11. The summed E-state index contributed by atoms with van der Waals surface area (Å²) >= 11 is 1.04. The summed E-state index contributed by atoms with van der Waals surface area (Å²) in [6, 6.07) is 1.23. The van der Waals surface area contributed by atoms with Gasteiger partial charge in [0.25, 0.3) is 5.56 Å². The summed E-state index contributed by atoms with van der Waals surface area (Å²) < 4.78 is 14.8. The monoisotopic (exact) mass is 227 g/mol. The van der Waals surface area contributed by atoms with Crippen LogP contribution in [0.15, 0.2) is 10.9 Å². The SMILES string of the molecule is Cc1sc(F)c(-n2[nH]c(=O)cc2N)c1C. The fourth-order valence-electron chi connectivity index (χ4n) is 1.42. The van der Waals surface area contributed by atoms with Crippen LogP contribution in [-0.2, 0) is 0 Å². The summed E-state index contributed by atoms with van der Waals surface area (Å²) in [6.45, 7) is 3.62. The van der Waals surface area contributed by atoms with E-state index in [0.717, 1.165) is 21.8 Å². The maximum Gasteiger partial charge on any atom is 0.266 e. The van der Waals surface area contributed by atoms with Crippen molar-refractivity contribution in [1.29, 1.82) is 0 Å². The molecule has 6 heteroatoms. The maximum absolute atomic E-state index is 13.6. The lowest BCUT2D eigenvalue weighted by Gasteiger charge is -2.04. The van der Waals surface area contributed by atoms with Crippen molar-refractivity contribution in [2.45, 2.75) is 13.8 Å². The number of thiophene rings is 1. The van der Waals surface area contributed by atoms with E-state index in [9.17, 15) is 9.18 Å². The van der Waals surface area contributed by atoms with Crippen LogP contribution in [0.5, 0.6) is 0 Å². The van der Waals surface area contributed by atoms with E-state index in [1.807, 2.05) is 6.92 Å². The van der Waals surface area contributed by atoms with Crippen LogP contribution in [0.1, 0.15) is 10.4 Å². The van der Waals surface area contributed by atoms with Crippen LogP contribution in [0, 0.1) is 19.0 Å². The van der Waals surface area contributed by atoms with E-state index >= 15 is 0 Å². The van der Waals surface area contributed by atoms with Crippen molar-refractivity contribution in [3.63, 3.8) is 0 Å². The van der Waals surface area contributed by atoms with Crippen LogP contribution < -0.4 is 11.3 Å². The van der Waals surface area contributed by atoms with Gasteiger partial charge in [0, 0.05) is 10.9 Å². The molecule has 0 bridgehead atoms. The molecular weight excluding hydrogens is 217 g/mol. The molecule has 0 fully saturated rings. The van der Waals surface area contributed by atoms with E-state index in [-0.39, 0.29) is 16.5 Å². The molecule has 0 radical (unpaired) electrons. The number of aromatic nitrogens is 2. The molecule has 2 heterocycles. The number of nitrogens with two attached hydrogens (primary N) is 1. The second kappa shape index (κ2) is 3.23. The zero-order valence-electron chi connectivity index (χ0n) is 8.30. The van der Waals surface area contributed by atoms with Gasteiger partial charge in [-0.1, -0.05) is 0 Å². The minimum Gasteiger partial charge on any atom is -0.384 e. The Kier molecular flexibility index (Phi) is 2.15. The normalized spacial score (nSPS) is 10.9. The van der Waals surface area contributed by atoms with Crippen molar-refractivity contribution in [2.24, 2.45) is 0 Å². The first-order chi connectivity index (χ1) is 7.00. The van der Waals surface area contributed by atoms with Gasteiger partial charge < -0.3 is 5.73 Å². The molecule has 0 aliphatic heterocycles. The Morgan fingerprint density at radius 1 is 1.53 bits per heavy atom. The molecule has 80 valence electrons. The Labute approximate surface area is 89.1 Å². The lowest BCUT2D eigenvalue weighted by molar-refractivity contribution is 0.639. The maximum atomic E-state index is 13.6. The molecule has 0 saturated carbocycles. The Hall–Kier alpha value is -1.56. The highest BCUT2D eigenvalue weighted by atomic mass is 32.1. The number of H-pyrrole nitrogens is 1. The van der Waals surface area contributed by atoms with Crippen molar-refractivity contribution in [3.05, 3.63) is 32.0 Å². The summed E-state index contributed by atoms with van der Waals surface area (Å²) in [5.41, 5.74) is 6.37. The number of halogens is 1. The van der Waals surface area contributed by atoms with Crippen molar-refractivity contribution < 1.29 is 4.39 Å². The first kappa shape index (κ1) is 9.97. The summed E-state index contributed by atoms with van der Waals surface area (Å²) in [6.07, 6.45) is 0. The van der Waals surface area contributed by atoms with E-state index in [1.165, 1.54) is 10.7 Å². The lowest BCUT2D eigenvalue weighted by Crippen LogP contribution is -2.06. The Morgan fingerprint density at radius 2 is 2.20 bits per heavy atom. The third kappa shape index (κ3) is 1.46. The molecule has 2 aromatic rings. The number of aromatic amines is 1. The van der Waals surface area contributed by atoms with E-state index in [2.05, 4.69) is 5.10 Å². The van der Waals surface area contributed by atoms with Gasteiger partial charge in [-0.3, -0.25) is 9.89 Å². The Morgan fingerprint density at radius 3 is 2.60 bits per heavy atom. The van der Waals surface area contributed by atoms with Gasteiger partial charge in [0.15, 0.2) is 0 Å². The number of nitrogen functional groups attached to an aromatic ring is 1. The average Bonchev–Trinajstić information content (AvgIpc) is 2.56. The van der Waals surface area contributed by atoms with Crippen LogP contribution in [0.4, 0.5) is 10.2 Å². The number of hydrogen-bond donors (Lipinski definition) is 2. The fourth-order valence-corrected chi connectivity index (χ4v) is 2.28. The second-order valence-corrected chi connectivity index (χ2v) is 4.46. The molecular formula is C9H10FN3OS. The van der Waals surface area contributed by atoms with E-state index in [0.29, 0.717) is 5.69 Å². The van der Waals surface area contributed by atoms with Crippen molar-refractivity contribution >= 4 is 17.2 Å². The van der Waals surface area contributed by atoms with Crippen LogP contribution in [-0.4, -0.2) is 9.78 Å². The van der Waals surface area contributed by atoms with Gasteiger partial charge in [0.05, 0.1) is 0 Å². The number of aryl methyl sites for hydroxylation is 1. The summed E-state index contributed by atoms with van der Waals surface area (Å²) in [7, 11) is 0. The molecule has 2 aromatic heterocycles. The fraction of sp³-hybridized carbons (Fsp3) is 0.222. The highest BCUT2D eigenvalue weighted by Crippen LogP contribution is 2.29. The predicted octanol–water partition coefficient (Wildman–Crippen LogP) is 1.57. The third-order valence-electron chi connectivity index (χ3n) is 2.29. The minimum absolute atomic E-state index is 0.208. The molecule has 0 saturated heterocycles. The van der Waals surface area contributed by atoms with Crippen molar-refractivity contribution in [2.75, 3.05) is 5.73 Å². The minimum atomic E-state index is -0.344. The molecule has 2 rings (SSSR count). The molecule has 0 aliphatic rings. The summed E-state index contributed by atoms with van der Waals surface area (Å²) in [4.78, 5) is 11.9. The van der Waals surface area contributed by atoms with Gasteiger partial charge in [-0.15, -0.1) is 11.3 Å². The van der Waals surface area contributed by atoms with Gasteiger partial charge in [-0.25, -0.2) is 4.68 Å². The molecule has 0 amide bonds. The third-order valence-corrected chi connectivity index (χ3v) is 3.28. The predicted molar refractivity (Wildman–Crippen MR) is 58.1 cm³/mol.